The van der Waals surface area contributed by atoms with Gasteiger partial charge in [-0.2, -0.15) is 5.26 Å². The zero-order valence-electron chi connectivity index (χ0n) is 11.1. The smallest absolute Gasteiger partial charge is 0.221 e. The van der Waals surface area contributed by atoms with E-state index in [1.165, 1.54) is 0 Å². The molecule has 2 atom stereocenters. The maximum absolute atomic E-state index is 11.9. The number of nitrogens with one attached hydrogen (secondary N) is 1. The molecule has 0 aliphatic carbocycles. The number of hydrogen-bond acceptors (Lipinski definition) is 3. The Labute approximate surface area is 127 Å². The summed E-state index contributed by atoms with van der Waals surface area (Å²) in [6.07, 6.45) is 1.91. The van der Waals surface area contributed by atoms with Crippen LogP contribution in [0.4, 0.5) is 0 Å². The van der Waals surface area contributed by atoms with Gasteiger partial charge in [-0.1, -0.05) is 28.1 Å². The summed E-state index contributed by atoms with van der Waals surface area (Å²) in [6.45, 7) is 1.24. The number of benzene rings is 1. The first-order chi connectivity index (χ1) is 9.69. The van der Waals surface area contributed by atoms with Crippen LogP contribution in [0, 0.1) is 17.2 Å². The molecule has 4 nitrogen and oxygen atoms in total. The summed E-state index contributed by atoms with van der Waals surface area (Å²) < 4.78 is 6.28. The molecule has 1 aromatic rings. The number of amides is 1. The monoisotopic (exact) mass is 336 g/mol. The summed E-state index contributed by atoms with van der Waals surface area (Å²) in [5, 5.41) is 11.9. The second-order valence-electron chi connectivity index (χ2n) is 4.92. The number of nitriles is 1. The fraction of sp³-hybridized carbons (Fsp3) is 0.467. The largest absolute Gasteiger partial charge is 0.381 e. The summed E-state index contributed by atoms with van der Waals surface area (Å²) in [5.74, 6) is 0.0444. The van der Waals surface area contributed by atoms with Crippen LogP contribution in [-0.4, -0.2) is 25.2 Å². The van der Waals surface area contributed by atoms with E-state index in [1.54, 1.807) is 0 Å². The van der Waals surface area contributed by atoms with Crippen molar-refractivity contribution < 1.29 is 9.53 Å². The average molecular weight is 337 g/mol. The molecule has 1 aliphatic rings. The van der Waals surface area contributed by atoms with Crippen molar-refractivity contribution in [3.63, 3.8) is 0 Å². The van der Waals surface area contributed by atoms with Gasteiger partial charge in [0.25, 0.3) is 0 Å². The molecular weight excluding hydrogens is 320 g/mol. The highest BCUT2D eigenvalue weighted by atomic mass is 79.9. The molecule has 0 aromatic heterocycles. The van der Waals surface area contributed by atoms with Crippen LogP contribution in [0.2, 0.25) is 0 Å². The van der Waals surface area contributed by atoms with E-state index in [9.17, 15) is 4.79 Å². The van der Waals surface area contributed by atoms with Crippen molar-refractivity contribution in [1.82, 2.24) is 5.32 Å². The lowest BCUT2D eigenvalue weighted by Gasteiger charge is -2.16. The second-order valence-corrected chi connectivity index (χ2v) is 5.84. The van der Waals surface area contributed by atoms with E-state index in [0.717, 1.165) is 16.5 Å². The van der Waals surface area contributed by atoms with Crippen molar-refractivity contribution in [2.45, 2.75) is 25.3 Å². The van der Waals surface area contributed by atoms with Gasteiger partial charge in [-0.15, -0.1) is 0 Å². The molecule has 1 aliphatic heterocycles. The van der Waals surface area contributed by atoms with Gasteiger partial charge in [0.15, 0.2) is 0 Å². The Morgan fingerprint density at radius 2 is 2.25 bits per heavy atom. The van der Waals surface area contributed by atoms with Crippen molar-refractivity contribution in [2.24, 2.45) is 5.92 Å². The summed E-state index contributed by atoms with van der Waals surface area (Å²) in [5.41, 5.74) is 1.11. The molecule has 0 radical (unpaired) electrons. The van der Waals surface area contributed by atoms with Gasteiger partial charge in [-0.25, -0.2) is 0 Å². The van der Waals surface area contributed by atoms with Crippen LogP contribution in [0.3, 0.4) is 0 Å². The molecule has 1 fully saturated rings. The molecule has 2 unspecified atom stereocenters. The van der Waals surface area contributed by atoms with E-state index in [2.05, 4.69) is 27.3 Å². The number of rotatable bonds is 5. The number of nitrogens with zero attached hydrogens (tertiary/aromatic N) is 1. The predicted octanol–water partition coefficient (Wildman–Crippen LogP) is 2.43. The molecule has 1 N–H and O–H groups in total. The Kier molecular flexibility index (Phi) is 5.57. The number of carbonyl (C=O) groups is 1. The Bertz CT molecular complexity index is 490. The summed E-state index contributed by atoms with van der Waals surface area (Å²) in [7, 11) is 0. The second kappa shape index (κ2) is 7.41. The van der Waals surface area contributed by atoms with Crippen LogP contribution < -0.4 is 5.32 Å². The van der Waals surface area contributed by atoms with Gasteiger partial charge in [0.1, 0.15) is 6.04 Å². The number of aryl methyl sites for hydroxylation is 1. The van der Waals surface area contributed by atoms with Crippen LogP contribution >= 0.6 is 15.9 Å². The molecule has 0 spiro atoms. The Balaban J connectivity index is 1.79. The third-order valence-corrected chi connectivity index (χ3v) is 3.97. The molecule has 0 bridgehead atoms. The van der Waals surface area contributed by atoms with Gasteiger partial charge >= 0.3 is 0 Å². The van der Waals surface area contributed by atoms with E-state index in [1.807, 2.05) is 24.3 Å². The van der Waals surface area contributed by atoms with Crippen LogP contribution in [0.15, 0.2) is 28.7 Å². The molecular formula is C15H17BrN2O2. The Morgan fingerprint density at radius 1 is 1.50 bits per heavy atom. The lowest BCUT2D eigenvalue weighted by atomic mass is 10.00. The number of carbonyl (C=O) groups excluding carboxylic acids is 1. The lowest BCUT2D eigenvalue weighted by Crippen LogP contribution is -2.39. The minimum atomic E-state index is -0.435. The minimum Gasteiger partial charge on any atom is -0.381 e. The van der Waals surface area contributed by atoms with E-state index in [0.29, 0.717) is 26.1 Å². The third-order valence-electron chi connectivity index (χ3n) is 3.45. The molecule has 2 rings (SSSR count). The quantitative estimate of drug-likeness (QED) is 0.898. The highest BCUT2D eigenvalue weighted by Crippen LogP contribution is 2.16. The zero-order valence-corrected chi connectivity index (χ0v) is 12.7. The Morgan fingerprint density at radius 3 is 2.85 bits per heavy atom. The summed E-state index contributed by atoms with van der Waals surface area (Å²) >= 11 is 3.38. The SMILES string of the molecule is N#CC(NC(=O)CCc1ccc(Br)cc1)C1CCOC1. The lowest BCUT2D eigenvalue weighted by molar-refractivity contribution is -0.121. The van der Waals surface area contributed by atoms with Crippen molar-refractivity contribution in [3.8, 4) is 6.07 Å². The highest BCUT2D eigenvalue weighted by Gasteiger charge is 2.26. The molecule has 1 aromatic carbocycles. The fourth-order valence-corrected chi connectivity index (χ4v) is 2.49. The van der Waals surface area contributed by atoms with Gasteiger partial charge in [-0.3, -0.25) is 4.79 Å². The standard InChI is InChI=1S/C15H17BrN2O2/c16-13-4-1-11(2-5-13)3-6-15(19)18-14(9-17)12-7-8-20-10-12/h1-2,4-5,12,14H,3,6-8,10H2,(H,18,19). The first kappa shape index (κ1) is 15.0. The van der Waals surface area contributed by atoms with Crippen LogP contribution in [0.5, 0.6) is 0 Å². The Hall–Kier alpha value is -1.38. The average Bonchev–Trinajstić information content (AvgIpc) is 2.98. The fourth-order valence-electron chi connectivity index (χ4n) is 2.23. The zero-order chi connectivity index (χ0) is 14.4. The first-order valence-corrected chi connectivity index (χ1v) is 7.49. The van der Waals surface area contributed by atoms with E-state index in [-0.39, 0.29) is 11.8 Å². The van der Waals surface area contributed by atoms with Crippen molar-refractivity contribution >= 4 is 21.8 Å². The van der Waals surface area contributed by atoms with Crippen molar-refractivity contribution in [2.75, 3.05) is 13.2 Å². The number of hydrogen-bond donors (Lipinski definition) is 1. The van der Waals surface area contributed by atoms with Gasteiger partial charge in [-0.05, 0) is 30.5 Å². The predicted molar refractivity (Wildman–Crippen MR) is 78.9 cm³/mol. The number of ether oxygens (including phenoxy) is 1. The molecule has 1 amide bonds. The number of halogens is 1. The maximum atomic E-state index is 11.9. The minimum absolute atomic E-state index is 0.0774. The first-order valence-electron chi connectivity index (χ1n) is 6.70. The van der Waals surface area contributed by atoms with Crippen molar-refractivity contribution in [1.29, 1.82) is 5.26 Å². The summed E-state index contributed by atoms with van der Waals surface area (Å²) in [4.78, 5) is 11.9. The third kappa shape index (κ3) is 4.32. The van der Waals surface area contributed by atoms with Crippen molar-refractivity contribution in [3.05, 3.63) is 34.3 Å². The van der Waals surface area contributed by atoms with E-state index < -0.39 is 6.04 Å². The molecule has 0 saturated carbocycles. The van der Waals surface area contributed by atoms with Gasteiger partial charge < -0.3 is 10.1 Å². The molecule has 20 heavy (non-hydrogen) atoms. The molecule has 5 heteroatoms. The topological polar surface area (TPSA) is 62.1 Å². The summed E-state index contributed by atoms with van der Waals surface area (Å²) in [6, 6.07) is 9.63. The normalized spacial score (nSPS) is 19.3. The van der Waals surface area contributed by atoms with Crippen LogP contribution in [0.1, 0.15) is 18.4 Å². The molecule has 1 saturated heterocycles. The van der Waals surface area contributed by atoms with Gasteiger partial charge in [0, 0.05) is 23.4 Å². The maximum Gasteiger partial charge on any atom is 0.221 e. The molecule has 1 heterocycles. The van der Waals surface area contributed by atoms with E-state index in [4.69, 9.17) is 10.00 Å². The molecule has 106 valence electrons. The van der Waals surface area contributed by atoms with Crippen LogP contribution in [0.25, 0.3) is 0 Å². The van der Waals surface area contributed by atoms with Gasteiger partial charge in [0.05, 0.1) is 12.7 Å². The van der Waals surface area contributed by atoms with E-state index >= 15 is 0 Å². The highest BCUT2D eigenvalue weighted by molar-refractivity contribution is 9.10. The van der Waals surface area contributed by atoms with Crippen LogP contribution in [-0.2, 0) is 16.0 Å². The van der Waals surface area contributed by atoms with Gasteiger partial charge in [0.2, 0.25) is 5.91 Å².